The number of nitrogens with zero attached hydrogens (tertiary/aromatic N) is 1. The van der Waals surface area contributed by atoms with Crippen LogP contribution in [0.2, 0.25) is 10.0 Å². The highest BCUT2D eigenvalue weighted by atomic mass is 35.5. The number of Topliss-reactive ketones (excluding diaryl/α,β-unsaturated/α-hetero) is 1. The molecular weight excluding hydrogens is 521 g/mol. The minimum Gasteiger partial charge on any atom is -0.469 e. The Balaban J connectivity index is 1.51. The van der Waals surface area contributed by atoms with Crippen molar-refractivity contribution in [2.45, 2.75) is 24.8 Å². The fourth-order valence-electron chi connectivity index (χ4n) is 5.22. The predicted octanol–water partition coefficient (Wildman–Crippen LogP) is 8.19. The predicted molar refractivity (Wildman–Crippen MR) is 150 cm³/mol. The Labute approximate surface area is 229 Å². The third-order valence-electron chi connectivity index (χ3n) is 6.93. The summed E-state index contributed by atoms with van der Waals surface area (Å²) in [4.78, 5) is 29.6. The van der Waals surface area contributed by atoms with Crippen LogP contribution in [0.4, 0.5) is 21.9 Å². The largest absolute Gasteiger partial charge is 0.469 e. The molecule has 1 aromatic heterocycles. The molecule has 0 radical (unpaired) electrons. The van der Waals surface area contributed by atoms with E-state index in [0.29, 0.717) is 33.4 Å². The molecule has 0 saturated heterocycles. The maximum absolute atomic E-state index is 14.0. The van der Waals surface area contributed by atoms with Gasteiger partial charge in [-0.3, -0.25) is 9.69 Å². The number of para-hydroxylation sites is 2. The van der Waals surface area contributed by atoms with Gasteiger partial charge in [0.25, 0.3) is 0 Å². The number of halogens is 2. The summed E-state index contributed by atoms with van der Waals surface area (Å²) in [6.07, 6.45) is 2.47. The average Bonchev–Trinajstić information content (AvgIpc) is 3.41. The molecule has 2 N–H and O–H groups in total. The number of furan rings is 1. The van der Waals surface area contributed by atoms with E-state index in [1.165, 1.54) is 0 Å². The lowest BCUT2D eigenvalue weighted by atomic mass is 9.80. The Morgan fingerprint density at radius 1 is 0.895 bits per heavy atom. The second kappa shape index (κ2) is 10.0. The SMILES string of the molecule is O=C1C[C@@H](c2ccco2)CC2=C1[C@@H](c1ccc(Cl)cc1)N(C(=O)Nc1ccc(Cl)cc1)c1ccccc1N2. The van der Waals surface area contributed by atoms with Crippen molar-refractivity contribution in [1.29, 1.82) is 0 Å². The standard InChI is InChI=1S/C30H23Cl2N3O3/c31-20-9-7-18(8-10-20)29-28-24(16-19(17-26(28)36)27-6-3-15-38-27)34-23-4-1-2-5-25(23)35(29)30(37)33-22-13-11-21(32)12-14-22/h1-15,19,29,34H,16-17H2,(H,33,37)/t19-,29+/m0/s1. The molecule has 4 aromatic rings. The fraction of sp³-hybridized carbons (Fsp3) is 0.133. The summed E-state index contributed by atoms with van der Waals surface area (Å²) >= 11 is 12.3. The Morgan fingerprint density at radius 2 is 1.61 bits per heavy atom. The number of rotatable bonds is 3. The summed E-state index contributed by atoms with van der Waals surface area (Å²) in [6, 6.07) is 24.4. The van der Waals surface area contributed by atoms with Crippen molar-refractivity contribution in [3.8, 4) is 0 Å². The maximum atomic E-state index is 14.0. The highest BCUT2D eigenvalue weighted by molar-refractivity contribution is 6.31. The normalized spacial score (nSPS) is 18.8. The third-order valence-corrected chi connectivity index (χ3v) is 7.44. The van der Waals surface area contributed by atoms with Crippen LogP contribution in [-0.4, -0.2) is 11.8 Å². The highest BCUT2D eigenvalue weighted by Gasteiger charge is 2.42. The van der Waals surface area contributed by atoms with Gasteiger partial charge in [-0.2, -0.15) is 0 Å². The molecule has 0 spiro atoms. The number of carbonyl (C=O) groups excluding carboxylic acids is 2. The van der Waals surface area contributed by atoms with Gasteiger partial charge in [0.2, 0.25) is 0 Å². The Bertz CT molecular complexity index is 1530. The van der Waals surface area contributed by atoms with Crippen molar-refractivity contribution >= 4 is 52.1 Å². The first-order valence-electron chi connectivity index (χ1n) is 12.2. The van der Waals surface area contributed by atoms with Crippen LogP contribution in [0.25, 0.3) is 0 Å². The molecular formula is C30H23Cl2N3O3. The van der Waals surface area contributed by atoms with Gasteiger partial charge >= 0.3 is 6.03 Å². The number of hydrogen-bond acceptors (Lipinski definition) is 4. The highest BCUT2D eigenvalue weighted by Crippen LogP contribution is 2.47. The molecule has 2 atom stereocenters. The number of nitrogens with one attached hydrogen (secondary N) is 2. The summed E-state index contributed by atoms with van der Waals surface area (Å²) in [5, 5.41) is 7.63. The molecule has 2 amide bonds. The quantitative estimate of drug-likeness (QED) is 0.273. The van der Waals surface area contributed by atoms with E-state index in [9.17, 15) is 9.59 Å². The lowest BCUT2D eigenvalue weighted by Gasteiger charge is -2.34. The van der Waals surface area contributed by atoms with Gasteiger partial charge in [0.1, 0.15) is 5.76 Å². The van der Waals surface area contributed by atoms with Gasteiger partial charge in [0.15, 0.2) is 5.78 Å². The van der Waals surface area contributed by atoms with Crippen LogP contribution >= 0.6 is 23.2 Å². The van der Waals surface area contributed by atoms with Gasteiger partial charge in [0.05, 0.1) is 23.7 Å². The fourth-order valence-corrected chi connectivity index (χ4v) is 5.47. The van der Waals surface area contributed by atoms with E-state index in [2.05, 4.69) is 10.6 Å². The zero-order chi connectivity index (χ0) is 26.2. The number of ketones is 1. The van der Waals surface area contributed by atoms with E-state index < -0.39 is 6.04 Å². The van der Waals surface area contributed by atoms with E-state index in [1.807, 2.05) is 48.5 Å². The summed E-state index contributed by atoms with van der Waals surface area (Å²) in [6.45, 7) is 0. The van der Waals surface area contributed by atoms with Gasteiger partial charge < -0.3 is 15.1 Å². The second-order valence-corrected chi connectivity index (χ2v) is 10.2. The smallest absolute Gasteiger partial charge is 0.327 e. The van der Waals surface area contributed by atoms with Crippen LogP contribution in [0.15, 0.2) is 107 Å². The first-order chi connectivity index (χ1) is 18.5. The van der Waals surface area contributed by atoms with E-state index in [4.69, 9.17) is 27.6 Å². The molecule has 0 bridgehead atoms. The Hall–Kier alpha value is -4.00. The first-order valence-corrected chi connectivity index (χ1v) is 13.0. The molecule has 8 heteroatoms. The lowest BCUT2D eigenvalue weighted by molar-refractivity contribution is -0.116. The van der Waals surface area contributed by atoms with E-state index >= 15 is 0 Å². The van der Waals surface area contributed by atoms with Crippen molar-refractivity contribution in [3.05, 3.63) is 124 Å². The van der Waals surface area contributed by atoms with Gasteiger partial charge in [0, 0.05) is 39.3 Å². The number of carbonyl (C=O) groups is 2. The number of urea groups is 1. The zero-order valence-corrected chi connectivity index (χ0v) is 21.7. The zero-order valence-electron chi connectivity index (χ0n) is 20.2. The van der Waals surface area contributed by atoms with Crippen molar-refractivity contribution in [1.82, 2.24) is 0 Å². The number of fused-ring (bicyclic) bond motifs is 1. The number of allylic oxidation sites excluding steroid dienone is 1. The topological polar surface area (TPSA) is 74.6 Å². The second-order valence-electron chi connectivity index (χ2n) is 9.34. The van der Waals surface area contributed by atoms with E-state index in [-0.39, 0.29) is 24.2 Å². The van der Waals surface area contributed by atoms with Crippen molar-refractivity contribution in [2.75, 3.05) is 15.5 Å². The number of amides is 2. The maximum Gasteiger partial charge on any atom is 0.327 e. The molecule has 2 heterocycles. The first kappa shape index (κ1) is 24.3. The van der Waals surface area contributed by atoms with Gasteiger partial charge in [-0.05, 0) is 72.6 Å². The van der Waals surface area contributed by atoms with Crippen LogP contribution in [0, 0.1) is 0 Å². The molecule has 0 unspecified atom stereocenters. The van der Waals surface area contributed by atoms with E-state index in [0.717, 1.165) is 22.7 Å². The molecule has 1 aliphatic heterocycles. The van der Waals surface area contributed by atoms with Gasteiger partial charge in [-0.1, -0.05) is 47.5 Å². The van der Waals surface area contributed by atoms with Crippen molar-refractivity contribution in [2.24, 2.45) is 0 Å². The van der Waals surface area contributed by atoms with Crippen LogP contribution < -0.4 is 15.5 Å². The molecule has 3 aromatic carbocycles. The molecule has 38 heavy (non-hydrogen) atoms. The molecule has 6 nitrogen and oxygen atoms in total. The Morgan fingerprint density at radius 3 is 2.32 bits per heavy atom. The lowest BCUT2D eigenvalue weighted by Crippen LogP contribution is -2.41. The van der Waals surface area contributed by atoms with Crippen LogP contribution in [0.1, 0.15) is 36.1 Å². The monoisotopic (exact) mass is 543 g/mol. The molecule has 0 saturated carbocycles. The van der Waals surface area contributed by atoms with Crippen LogP contribution in [0.3, 0.4) is 0 Å². The minimum absolute atomic E-state index is 0.0443. The van der Waals surface area contributed by atoms with Crippen LogP contribution in [0.5, 0.6) is 0 Å². The number of benzene rings is 3. The van der Waals surface area contributed by atoms with Crippen LogP contribution in [-0.2, 0) is 4.79 Å². The number of anilines is 3. The molecule has 6 rings (SSSR count). The van der Waals surface area contributed by atoms with Gasteiger partial charge in [-0.15, -0.1) is 0 Å². The summed E-state index contributed by atoms with van der Waals surface area (Å²) in [5.74, 6) is 0.623. The summed E-state index contributed by atoms with van der Waals surface area (Å²) in [5.41, 5.74) is 4.07. The number of hydrogen-bond donors (Lipinski definition) is 2. The summed E-state index contributed by atoms with van der Waals surface area (Å²) in [7, 11) is 0. The average molecular weight is 544 g/mol. The van der Waals surface area contributed by atoms with E-state index in [1.54, 1.807) is 47.6 Å². The van der Waals surface area contributed by atoms with Crippen molar-refractivity contribution in [3.63, 3.8) is 0 Å². The molecule has 190 valence electrons. The Kier molecular flexibility index (Phi) is 6.44. The molecule has 2 aliphatic rings. The molecule has 1 aliphatic carbocycles. The van der Waals surface area contributed by atoms with Crippen molar-refractivity contribution < 1.29 is 14.0 Å². The minimum atomic E-state index is -0.684. The third kappa shape index (κ3) is 4.57. The summed E-state index contributed by atoms with van der Waals surface area (Å²) < 4.78 is 5.66. The molecule has 0 fully saturated rings. The van der Waals surface area contributed by atoms with Gasteiger partial charge in [-0.25, -0.2) is 4.79 Å².